The molecule has 4 rings (SSSR count). The topological polar surface area (TPSA) is 144 Å². The molecule has 1 aliphatic heterocycles. The van der Waals surface area contributed by atoms with Gasteiger partial charge >= 0.3 is 0 Å². The summed E-state index contributed by atoms with van der Waals surface area (Å²) in [7, 11) is 2.07. The molecule has 2 aromatic rings. The first-order valence-electron chi connectivity index (χ1n) is 11.8. The molecule has 182 valence electrons. The van der Waals surface area contributed by atoms with Crippen LogP contribution in [0.3, 0.4) is 0 Å². The number of hydrogen-bond donors (Lipinski definition) is 4. The SMILES string of the molecule is C=c1ccc(Nc2nc(N[C@@H]3CCCC[C@@H]3N)nnc2C(N)=O)c/c1=C/N(C)C1CCOCC1. The summed E-state index contributed by atoms with van der Waals surface area (Å²) in [6.45, 7) is 5.71. The summed E-state index contributed by atoms with van der Waals surface area (Å²) in [5, 5.41) is 16.4. The van der Waals surface area contributed by atoms with Crippen molar-refractivity contribution in [2.45, 2.75) is 56.7 Å². The predicted octanol–water partition coefficient (Wildman–Crippen LogP) is 0.655. The van der Waals surface area contributed by atoms with Gasteiger partial charge in [-0.25, -0.2) is 0 Å². The number of ether oxygens (including phenoxy) is 1. The zero-order valence-corrected chi connectivity index (χ0v) is 19.7. The van der Waals surface area contributed by atoms with E-state index in [1.165, 1.54) is 0 Å². The van der Waals surface area contributed by atoms with E-state index in [-0.39, 0.29) is 23.6 Å². The van der Waals surface area contributed by atoms with Crippen LogP contribution in [0, 0.1) is 0 Å². The second-order valence-electron chi connectivity index (χ2n) is 9.07. The monoisotopic (exact) mass is 466 g/mol. The number of nitrogens with two attached hydrogens (primary N) is 2. The minimum Gasteiger partial charge on any atom is -0.381 e. The highest BCUT2D eigenvalue weighted by atomic mass is 16.5. The molecule has 1 aliphatic carbocycles. The molecule has 0 bridgehead atoms. The number of primary amides is 1. The van der Waals surface area contributed by atoms with E-state index >= 15 is 0 Å². The third kappa shape index (κ3) is 5.81. The summed E-state index contributed by atoms with van der Waals surface area (Å²) in [6, 6.07) is 6.29. The second-order valence-corrected chi connectivity index (χ2v) is 9.07. The molecule has 10 nitrogen and oxygen atoms in total. The molecule has 2 atom stereocenters. The maximum atomic E-state index is 12.0. The molecule has 0 radical (unpaired) electrons. The van der Waals surface area contributed by atoms with E-state index in [1.54, 1.807) is 0 Å². The molecule has 6 N–H and O–H groups in total. The molecule has 2 heterocycles. The molecule has 1 aromatic heterocycles. The van der Waals surface area contributed by atoms with Crippen molar-refractivity contribution in [2.75, 3.05) is 30.9 Å². The van der Waals surface area contributed by atoms with E-state index < -0.39 is 5.91 Å². The number of carbonyl (C=O) groups is 1. The van der Waals surface area contributed by atoms with Gasteiger partial charge in [-0.05, 0) is 48.3 Å². The van der Waals surface area contributed by atoms with Crippen molar-refractivity contribution in [3.05, 3.63) is 34.3 Å². The van der Waals surface area contributed by atoms with E-state index in [2.05, 4.69) is 50.5 Å². The predicted molar refractivity (Wildman–Crippen MR) is 133 cm³/mol. The minimum absolute atomic E-state index is 0.0259. The van der Waals surface area contributed by atoms with Gasteiger partial charge in [0, 0.05) is 50.3 Å². The summed E-state index contributed by atoms with van der Waals surface area (Å²) in [5.74, 6) is -0.146. The smallest absolute Gasteiger partial charge is 0.273 e. The molecule has 10 heteroatoms. The van der Waals surface area contributed by atoms with Gasteiger partial charge in [0.15, 0.2) is 11.5 Å². The van der Waals surface area contributed by atoms with Crippen LogP contribution in [-0.4, -0.2) is 64.4 Å². The van der Waals surface area contributed by atoms with Crippen molar-refractivity contribution in [2.24, 2.45) is 11.5 Å². The van der Waals surface area contributed by atoms with Gasteiger partial charge in [0.1, 0.15) is 0 Å². The minimum atomic E-state index is -0.705. The average molecular weight is 467 g/mol. The highest BCUT2D eigenvalue weighted by Crippen LogP contribution is 2.21. The molecule has 2 aliphatic rings. The van der Waals surface area contributed by atoms with Crippen LogP contribution in [0.25, 0.3) is 12.8 Å². The highest BCUT2D eigenvalue weighted by molar-refractivity contribution is 5.96. The van der Waals surface area contributed by atoms with Gasteiger partial charge in [-0.15, -0.1) is 10.2 Å². The van der Waals surface area contributed by atoms with Gasteiger partial charge < -0.3 is 31.7 Å². The van der Waals surface area contributed by atoms with Gasteiger partial charge in [-0.1, -0.05) is 25.5 Å². The maximum absolute atomic E-state index is 12.0. The quantitative estimate of drug-likeness (QED) is 0.462. The van der Waals surface area contributed by atoms with Crippen LogP contribution < -0.4 is 32.5 Å². The Morgan fingerprint density at radius 1 is 1.21 bits per heavy atom. The first-order valence-corrected chi connectivity index (χ1v) is 11.8. The maximum Gasteiger partial charge on any atom is 0.273 e. The molecular formula is C24H34N8O2. The molecular weight excluding hydrogens is 432 g/mol. The zero-order chi connectivity index (χ0) is 24.1. The number of carbonyl (C=O) groups excluding carboxylic acids is 1. The van der Waals surface area contributed by atoms with Gasteiger partial charge in [0.2, 0.25) is 5.95 Å². The fraction of sp³-hybridized carbons (Fsp3) is 0.500. The van der Waals surface area contributed by atoms with Crippen molar-refractivity contribution >= 4 is 36.1 Å². The molecule has 1 saturated heterocycles. The standard InChI is InChI=1S/C24H34N8O2/c1-15-7-8-17(13-16(15)14-32(2)18-9-11-34-12-10-18)27-23-21(22(26)33)30-31-24(29-23)28-20-6-4-3-5-19(20)25/h7-8,13-14,18-20H,1,3-6,9-12,25H2,2H3,(H2,26,33)(H2,27,28,29,31)/b16-14-/t19-,20+/m0/s1. The van der Waals surface area contributed by atoms with E-state index in [0.717, 1.165) is 67.9 Å². The molecule has 1 aromatic carbocycles. The fourth-order valence-corrected chi connectivity index (χ4v) is 4.49. The molecule has 2 fully saturated rings. The van der Waals surface area contributed by atoms with Crippen molar-refractivity contribution in [1.29, 1.82) is 0 Å². The molecule has 0 unspecified atom stereocenters. The van der Waals surface area contributed by atoms with Crippen molar-refractivity contribution in [3.8, 4) is 0 Å². The Kier molecular flexibility index (Phi) is 7.59. The van der Waals surface area contributed by atoms with Gasteiger partial charge in [-0.3, -0.25) is 4.79 Å². The fourth-order valence-electron chi connectivity index (χ4n) is 4.49. The number of nitrogens with one attached hydrogen (secondary N) is 2. The summed E-state index contributed by atoms with van der Waals surface area (Å²) < 4.78 is 5.47. The van der Waals surface area contributed by atoms with Crippen LogP contribution in [0.5, 0.6) is 0 Å². The Bertz CT molecular complexity index is 1120. The Balaban J connectivity index is 1.58. The van der Waals surface area contributed by atoms with Gasteiger partial charge in [-0.2, -0.15) is 4.98 Å². The van der Waals surface area contributed by atoms with E-state index in [0.29, 0.717) is 12.0 Å². The zero-order valence-electron chi connectivity index (χ0n) is 19.7. The van der Waals surface area contributed by atoms with Crippen LogP contribution in [0.15, 0.2) is 18.2 Å². The highest BCUT2D eigenvalue weighted by Gasteiger charge is 2.23. The number of aromatic nitrogens is 3. The van der Waals surface area contributed by atoms with E-state index in [9.17, 15) is 4.79 Å². The Labute approximate surface area is 199 Å². The number of benzene rings is 1. The number of hydrogen-bond acceptors (Lipinski definition) is 9. The normalized spacial score (nSPS) is 21.8. The Hall–Kier alpha value is -3.24. The van der Waals surface area contributed by atoms with Crippen molar-refractivity contribution in [3.63, 3.8) is 0 Å². The van der Waals surface area contributed by atoms with E-state index in [4.69, 9.17) is 16.2 Å². The van der Waals surface area contributed by atoms with Crippen LogP contribution in [0.1, 0.15) is 49.0 Å². The largest absolute Gasteiger partial charge is 0.381 e. The first kappa shape index (κ1) is 23.9. The third-order valence-corrected chi connectivity index (χ3v) is 6.57. The molecule has 1 amide bonds. The number of anilines is 3. The lowest BCUT2D eigenvalue weighted by atomic mass is 9.91. The van der Waals surface area contributed by atoms with Crippen LogP contribution in [0.2, 0.25) is 0 Å². The van der Waals surface area contributed by atoms with E-state index in [1.807, 2.05) is 18.2 Å². The lowest BCUT2D eigenvalue weighted by Crippen LogP contribution is -2.43. The van der Waals surface area contributed by atoms with Gasteiger partial charge in [0.05, 0.1) is 0 Å². The summed E-state index contributed by atoms with van der Waals surface area (Å²) >= 11 is 0. The summed E-state index contributed by atoms with van der Waals surface area (Å²) in [5.41, 5.74) is 12.5. The Morgan fingerprint density at radius 2 is 1.97 bits per heavy atom. The third-order valence-electron chi connectivity index (χ3n) is 6.57. The molecule has 34 heavy (non-hydrogen) atoms. The number of nitrogens with zero attached hydrogens (tertiary/aromatic N) is 4. The molecule has 0 spiro atoms. The molecule has 1 saturated carbocycles. The van der Waals surface area contributed by atoms with Crippen molar-refractivity contribution < 1.29 is 9.53 Å². The van der Waals surface area contributed by atoms with Crippen molar-refractivity contribution in [1.82, 2.24) is 20.1 Å². The number of rotatable bonds is 7. The average Bonchev–Trinajstić information content (AvgIpc) is 2.83. The first-order chi connectivity index (χ1) is 16.4. The van der Waals surface area contributed by atoms with Crippen LogP contribution in [0.4, 0.5) is 17.5 Å². The lowest BCUT2D eigenvalue weighted by Gasteiger charge is -2.30. The van der Waals surface area contributed by atoms with Crippen LogP contribution in [-0.2, 0) is 4.74 Å². The van der Waals surface area contributed by atoms with Gasteiger partial charge in [0.25, 0.3) is 5.91 Å². The number of amides is 1. The lowest BCUT2D eigenvalue weighted by molar-refractivity contribution is 0.0595. The summed E-state index contributed by atoms with van der Waals surface area (Å²) in [4.78, 5) is 18.7. The second kappa shape index (κ2) is 10.8. The summed E-state index contributed by atoms with van der Waals surface area (Å²) in [6.07, 6.45) is 8.19. The Morgan fingerprint density at radius 3 is 2.71 bits per heavy atom. The van der Waals surface area contributed by atoms with Crippen LogP contribution >= 0.6 is 0 Å².